The molecule has 0 saturated heterocycles. The van der Waals surface area contributed by atoms with Gasteiger partial charge < -0.3 is 10.4 Å². The summed E-state index contributed by atoms with van der Waals surface area (Å²) >= 11 is 0. The summed E-state index contributed by atoms with van der Waals surface area (Å²) in [4.78, 5) is 0. The van der Waals surface area contributed by atoms with E-state index in [9.17, 15) is 10.4 Å². The zero-order chi connectivity index (χ0) is 22.6. The molecule has 31 heavy (non-hydrogen) atoms. The minimum atomic E-state index is 0.455. The summed E-state index contributed by atoms with van der Waals surface area (Å²) in [6.07, 6.45) is 14.8. The summed E-state index contributed by atoms with van der Waals surface area (Å²) < 4.78 is 0. The van der Waals surface area contributed by atoms with Crippen molar-refractivity contribution in [3.63, 3.8) is 0 Å². The standard InChI is InChI=1S/C27H46N2O2/c1-18(2)7-6-8-20(4)25-13-14-26-24-12-11-22(29-31)17-21(28-30)10-9-19(3)23(24)15-16-27(25,26)5/h9,18,20,23-26,30-31H,6-8,10-17H2,1-5H3/b19-9+,28-21+,29-22+/t20-,23-,24-,25-,26+,27-/m1/s1. The third-order valence-corrected chi connectivity index (χ3v) is 9.34. The molecule has 3 rings (SSSR count). The normalized spacial score (nSPS) is 39.7. The van der Waals surface area contributed by atoms with Gasteiger partial charge in [0.2, 0.25) is 0 Å². The lowest BCUT2D eigenvalue weighted by atomic mass is 9.54. The maximum absolute atomic E-state index is 9.54. The van der Waals surface area contributed by atoms with Crippen LogP contribution in [0.4, 0.5) is 0 Å². The van der Waals surface area contributed by atoms with Crippen LogP contribution in [0.25, 0.3) is 0 Å². The maximum atomic E-state index is 9.54. The summed E-state index contributed by atoms with van der Waals surface area (Å²) in [7, 11) is 0. The Bertz CT molecular complexity index is 695. The average Bonchev–Trinajstić information content (AvgIpc) is 3.09. The molecule has 0 spiro atoms. The number of nitrogens with zero attached hydrogens (tertiary/aromatic N) is 2. The molecule has 6 atom stereocenters. The first-order valence-corrected chi connectivity index (χ1v) is 12.9. The van der Waals surface area contributed by atoms with Crippen LogP contribution in [0, 0.1) is 40.9 Å². The lowest BCUT2D eigenvalue weighted by Crippen LogP contribution is -2.43. The third-order valence-electron chi connectivity index (χ3n) is 9.34. The second-order valence-corrected chi connectivity index (χ2v) is 11.6. The monoisotopic (exact) mass is 430 g/mol. The first-order chi connectivity index (χ1) is 14.8. The third kappa shape index (κ3) is 5.37. The predicted octanol–water partition coefficient (Wildman–Crippen LogP) is 7.69. The highest BCUT2D eigenvalue weighted by Crippen LogP contribution is 2.62. The Balaban J connectivity index is 1.79. The fourth-order valence-electron chi connectivity index (χ4n) is 7.60. The SMILES string of the molecule is C/C1=C\C/C(=N\O)C/C(=N/O)CC[C@@H]2[C@@H]1CC[C@]1(C)[C@@H]([C@H](C)CCCC(C)C)CC[C@@H]21. The van der Waals surface area contributed by atoms with Gasteiger partial charge in [-0.2, -0.15) is 0 Å². The van der Waals surface area contributed by atoms with Crippen LogP contribution in [0.15, 0.2) is 22.0 Å². The molecule has 0 aromatic carbocycles. The topological polar surface area (TPSA) is 65.2 Å². The Morgan fingerprint density at radius 3 is 2.45 bits per heavy atom. The van der Waals surface area contributed by atoms with Crippen LogP contribution in [0.3, 0.4) is 0 Å². The fraction of sp³-hybridized carbons (Fsp3) is 0.852. The van der Waals surface area contributed by atoms with Crippen molar-refractivity contribution in [1.82, 2.24) is 0 Å². The van der Waals surface area contributed by atoms with E-state index in [0.29, 0.717) is 35.8 Å². The first-order valence-electron chi connectivity index (χ1n) is 12.9. The summed E-state index contributed by atoms with van der Waals surface area (Å²) in [5.74, 6) is 4.55. The molecule has 3 aliphatic carbocycles. The number of fused-ring (bicyclic) bond motifs is 3. The van der Waals surface area contributed by atoms with Crippen LogP contribution in [0.1, 0.15) is 105 Å². The van der Waals surface area contributed by atoms with Gasteiger partial charge >= 0.3 is 0 Å². The van der Waals surface area contributed by atoms with Crippen LogP contribution in [-0.2, 0) is 0 Å². The van der Waals surface area contributed by atoms with Gasteiger partial charge in [-0.1, -0.05) is 68.9 Å². The van der Waals surface area contributed by atoms with Gasteiger partial charge in [-0.15, -0.1) is 0 Å². The molecule has 3 aliphatic rings. The van der Waals surface area contributed by atoms with Crippen molar-refractivity contribution in [1.29, 1.82) is 0 Å². The minimum absolute atomic E-state index is 0.455. The molecular weight excluding hydrogens is 384 g/mol. The molecule has 0 bridgehead atoms. The molecule has 4 heteroatoms. The van der Waals surface area contributed by atoms with E-state index in [1.165, 1.54) is 50.5 Å². The van der Waals surface area contributed by atoms with E-state index in [4.69, 9.17) is 0 Å². The predicted molar refractivity (Wildman–Crippen MR) is 129 cm³/mol. The van der Waals surface area contributed by atoms with Crippen molar-refractivity contribution < 1.29 is 10.4 Å². The van der Waals surface area contributed by atoms with Crippen molar-refractivity contribution in [2.24, 2.45) is 51.2 Å². The largest absolute Gasteiger partial charge is 0.411 e. The van der Waals surface area contributed by atoms with Crippen molar-refractivity contribution in [3.05, 3.63) is 11.6 Å². The Labute approximate surface area is 190 Å². The van der Waals surface area contributed by atoms with Gasteiger partial charge in [0.05, 0.1) is 11.4 Å². The van der Waals surface area contributed by atoms with Crippen molar-refractivity contribution in [2.75, 3.05) is 0 Å². The number of hydrogen-bond acceptors (Lipinski definition) is 4. The van der Waals surface area contributed by atoms with Crippen LogP contribution >= 0.6 is 0 Å². The lowest BCUT2D eigenvalue weighted by Gasteiger charge is -2.50. The van der Waals surface area contributed by atoms with E-state index in [0.717, 1.165) is 42.2 Å². The summed E-state index contributed by atoms with van der Waals surface area (Å²) in [6.45, 7) is 12.1. The highest BCUT2D eigenvalue weighted by molar-refractivity contribution is 6.04. The van der Waals surface area contributed by atoms with Crippen molar-refractivity contribution >= 4 is 11.4 Å². The zero-order valence-corrected chi connectivity index (χ0v) is 20.6. The summed E-state index contributed by atoms with van der Waals surface area (Å²) in [5, 5.41) is 25.9. The number of hydrogen-bond donors (Lipinski definition) is 2. The highest BCUT2D eigenvalue weighted by Gasteiger charge is 2.54. The van der Waals surface area contributed by atoms with Crippen LogP contribution in [0.5, 0.6) is 0 Å². The second kappa shape index (κ2) is 10.5. The Morgan fingerprint density at radius 2 is 1.77 bits per heavy atom. The highest BCUT2D eigenvalue weighted by atomic mass is 16.4. The average molecular weight is 431 g/mol. The van der Waals surface area contributed by atoms with Gasteiger partial charge in [-0.05, 0) is 86.4 Å². The molecule has 176 valence electrons. The molecule has 2 N–H and O–H groups in total. The van der Waals surface area contributed by atoms with Gasteiger partial charge in [0.1, 0.15) is 0 Å². The molecule has 4 nitrogen and oxygen atoms in total. The van der Waals surface area contributed by atoms with E-state index < -0.39 is 0 Å². The smallest absolute Gasteiger partial charge is 0.0665 e. The fourth-order valence-corrected chi connectivity index (χ4v) is 7.60. The Hall–Kier alpha value is -1.32. The number of oxime groups is 2. The van der Waals surface area contributed by atoms with Gasteiger partial charge in [0.15, 0.2) is 0 Å². The summed E-state index contributed by atoms with van der Waals surface area (Å²) in [5.41, 5.74) is 3.40. The van der Waals surface area contributed by atoms with Gasteiger partial charge in [-0.25, -0.2) is 0 Å². The molecule has 0 heterocycles. The van der Waals surface area contributed by atoms with Crippen LogP contribution in [0.2, 0.25) is 0 Å². The van der Waals surface area contributed by atoms with E-state index >= 15 is 0 Å². The lowest BCUT2D eigenvalue weighted by molar-refractivity contribution is 0.00268. The number of rotatable bonds is 5. The second-order valence-electron chi connectivity index (χ2n) is 11.6. The van der Waals surface area contributed by atoms with Crippen molar-refractivity contribution in [2.45, 2.75) is 105 Å². The maximum Gasteiger partial charge on any atom is 0.0665 e. The van der Waals surface area contributed by atoms with E-state index in [-0.39, 0.29) is 0 Å². The Morgan fingerprint density at radius 1 is 1.03 bits per heavy atom. The molecule has 0 radical (unpaired) electrons. The zero-order valence-electron chi connectivity index (χ0n) is 20.6. The first kappa shape index (κ1) is 24.3. The van der Waals surface area contributed by atoms with E-state index in [2.05, 4.69) is 51.0 Å². The van der Waals surface area contributed by atoms with E-state index in [1.807, 2.05) is 0 Å². The molecule has 0 unspecified atom stereocenters. The van der Waals surface area contributed by atoms with Gasteiger partial charge in [0, 0.05) is 12.8 Å². The quantitative estimate of drug-likeness (QED) is 0.267. The van der Waals surface area contributed by atoms with Gasteiger partial charge in [-0.3, -0.25) is 0 Å². The Kier molecular flexibility index (Phi) is 8.26. The minimum Gasteiger partial charge on any atom is -0.411 e. The molecule has 0 amide bonds. The molecule has 0 aliphatic heterocycles. The molecule has 0 aromatic rings. The molecular formula is C27H46N2O2. The molecule has 2 saturated carbocycles. The van der Waals surface area contributed by atoms with Crippen LogP contribution in [-0.4, -0.2) is 21.8 Å². The van der Waals surface area contributed by atoms with E-state index in [1.54, 1.807) is 0 Å². The summed E-state index contributed by atoms with van der Waals surface area (Å²) in [6, 6.07) is 0. The molecule has 0 aromatic heterocycles. The number of allylic oxidation sites excluding steroid dienone is 2. The van der Waals surface area contributed by atoms with Crippen LogP contribution < -0.4 is 0 Å². The molecule has 2 fully saturated rings. The van der Waals surface area contributed by atoms with Gasteiger partial charge in [0.25, 0.3) is 0 Å². The van der Waals surface area contributed by atoms with Crippen molar-refractivity contribution in [3.8, 4) is 0 Å².